The number of nitrogens with zero attached hydrogens (tertiary/aromatic N) is 1. The molecule has 0 spiro atoms. The first-order chi connectivity index (χ1) is 12.8. The zero-order valence-corrected chi connectivity index (χ0v) is 14.4. The predicted molar refractivity (Wildman–Crippen MR) is 106 cm³/mol. The van der Waals surface area contributed by atoms with E-state index in [0.717, 1.165) is 28.0 Å². The SMILES string of the molecule is O=C1C=C(c2ccccc2)/C(=C\c2ccccc2)N1Cc1ccccc1. The molecule has 1 heterocycles. The van der Waals surface area contributed by atoms with E-state index in [4.69, 9.17) is 0 Å². The molecular weight excluding hydrogens is 318 g/mol. The molecule has 0 unspecified atom stereocenters. The summed E-state index contributed by atoms with van der Waals surface area (Å²) in [6.07, 6.45) is 3.83. The molecule has 0 N–H and O–H groups in total. The van der Waals surface area contributed by atoms with Crippen molar-refractivity contribution >= 4 is 17.6 Å². The summed E-state index contributed by atoms with van der Waals surface area (Å²) in [7, 11) is 0. The lowest BCUT2D eigenvalue weighted by Crippen LogP contribution is -2.23. The predicted octanol–water partition coefficient (Wildman–Crippen LogP) is 5.15. The summed E-state index contributed by atoms with van der Waals surface area (Å²) in [5, 5.41) is 0. The van der Waals surface area contributed by atoms with E-state index in [1.807, 2.05) is 83.8 Å². The number of amides is 1. The third kappa shape index (κ3) is 3.35. The molecule has 126 valence electrons. The largest absolute Gasteiger partial charge is 0.304 e. The first-order valence-corrected chi connectivity index (χ1v) is 8.71. The molecule has 1 aliphatic heterocycles. The first-order valence-electron chi connectivity index (χ1n) is 8.71. The first kappa shape index (κ1) is 16.1. The van der Waals surface area contributed by atoms with Crippen LogP contribution in [0.25, 0.3) is 11.6 Å². The number of hydrogen-bond donors (Lipinski definition) is 0. The molecular formula is C24H19NO. The molecule has 4 rings (SSSR count). The number of carbonyl (C=O) groups excluding carboxylic acids is 1. The second kappa shape index (κ2) is 7.24. The molecule has 0 fully saturated rings. The van der Waals surface area contributed by atoms with Gasteiger partial charge in [-0.15, -0.1) is 0 Å². The fraction of sp³-hybridized carbons (Fsp3) is 0.0417. The summed E-state index contributed by atoms with van der Waals surface area (Å²) in [6, 6.07) is 30.3. The third-order valence-corrected chi connectivity index (χ3v) is 4.47. The van der Waals surface area contributed by atoms with E-state index in [0.29, 0.717) is 6.54 Å². The van der Waals surface area contributed by atoms with Crippen LogP contribution in [0.3, 0.4) is 0 Å². The van der Waals surface area contributed by atoms with E-state index in [2.05, 4.69) is 18.2 Å². The summed E-state index contributed by atoms with van der Waals surface area (Å²) in [6.45, 7) is 0.561. The van der Waals surface area contributed by atoms with Crippen LogP contribution in [0, 0.1) is 0 Å². The maximum absolute atomic E-state index is 12.8. The summed E-state index contributed by atoms with van der Waals surface area (Å²) in [4.78, 5) is 14.6. The van der Waals surface area contributed by atoms with E-state index in [-0.39, 0.29) is 5.91 Å². The highest BCUT2D eigenvalue weighted by Crippen LogP contribution is 2.34. The molecule has 0 aliphatic carbocycles. The van der Waals surface area contributed by atoms with Crippen LogP contribution in [0.4, 0.5) is 0 Å². The Labute approximate surface area is 153 Å². The van der Waals surface area contributed by atoms with E-state index in [1.54, 1.807) is 6.08 Å². The Morgan fingerprint density at radius 1 is 0.731 bits per heavy atom. The Kier molecular flexibility index (Phi) is 4.48. The maximum atomic E-state index is 12.8. The average Bonchev–Trinajstić information content (AvgIpc) is 3.00. The van der Waals surface area contributed by atoms with E-state index < -0.39 is 0 Å². The topological polar surface area (TPSA) is 20.3 Å². The fourth-order valence-electron chi connectivity index (χ4n) is 3.18. The van der Waals surface area contributed by atoms with Gasteiger partial charge in [0.15, 0.2) is 0 Å². The number of rotatable bonds is 4. The second-order valence-corrected chi connectivity index (χ2v) is 6.27. The standard InChI is InChI=1S/C24H19NO/c26-24-17-22(21-14-8-3-9-15-21)23(16-19-10-4-1-5-11-19)25(24)18-20-12-6-2-7-13-20/h1-17H,18H2/b23-16+. The van der Waals surface area contributed by atoms with Gasteiger partial charge in [0.1, 0.15) is 0 Å². The van der Waals surface area contributed by atoms with Gasteiger partial charge in [0.05, 0.1) is 12.2 Å². The van der Waals surface area contributed by atoms with Crippen LogP contribution < -0.4 is 0 Å². The van der Waals surface area contributed by atoms with E-state index in [9.17, 15) is 4.79 Å². The van der Waals surface area contributed by atoms with Crippen molar-refractivity contribution < 1.29 is 4.79 Å². The number of allylic oxidation sites excluding steroid dienone is 1. The molecule has 3 aromatic rings. The minimum atomic E-state index is 0.0230. The Hall–Kier alpha value is -3.39. The third-order valence-electron chi connectivity index (χ3n) is 4.47. The molecule has 0 bridgehead atoms. The van der Waals surface area contributed by atoms with Crippen molar-refractivity contribution in [3.63, 3.8) is 0 Å². The van der Waals surface area contributed by atoms with Gasteiger partial charge in [0.25, 0.3) is 5.91 Å². The van der Waals surface area contributed by atoms with Gasteiger partial charge in [-0.3, -0.25) is 4.79 Å². The van der Waals surface area contributed by atoms with Crippen LogP contribution in [0.5, 0.6) is 0 Å². The molecule has 0 saturated carbocycles. The van der Waals surface area contributed by atoms with Gasteiger partial charge in [-0.2, -0.15) is 0 Å². The number of hydrogen-bond acceptors (Lipinski definition) is 1. The minimum absolute atomic E-state index is 0.0230. The van der Waals surface area contributed by atoms with Gasteiger partial charge < -0.3 is 4.90 Å². The summed E-state index contributed by atoms with van der Waals surface area (Å²) in [5.41, 5.74) is 5.16. The van der Waals surface area contributed by atoms with Gasteiger partial charge in [0.2, 0.25) is 0 Å². The van der Waals surface area contributed by atoms with Gasteiger partial charge >= 0.3 is 0 Å². The Morgan fingerprint density at radius 3 is 1.96 bits per heavy atom. The molecule has 1 aliphatic rings. The monoisotopic (exact) mass is 337 g/mol. The normalized spacial score (nSPS) is 15.4. The molecule has 0 atom stereocenters. The number of carbonyl (C=O) groups is 1. The van der Waals surface area contributed by atoms with Crippen molar-refractivity contribution in [2.24, 2.45) is 0 Å². The summed E-state index contributed by atoms with van der Waals surface area (Å²) >= 11 is 0. The van der Waals surface area contributed by atoms with Gasteiger partial charge in [-0.25, -0.2) is 0 Å². The number of benzene rings is 3. The second-order valence-electron chi connectivity index (χ2n) is 6.27. The van der Waals surface area contributed by atoms with Crippen molar-refractivity contribution in [3.8, 4) is 0 Å². The van der Waals surface area contributed by atoms with E-state index >= 15 is 0 Å². The highest BCUT2D eigenvalue weighted by atomic mass is 16.2. The molecule has 2 heteroatoms. The molecule has 26 heavy (non-hydrogen) atoms. The van der Waals surface area contributed by atoms with E-state index in [1.165, 1.54) is 0 Å². The average molecular weight is 337 g/mol. The summed E-state index contributed by atoms with van der Waals surface area (Å²) in [5.74, 6) is 0.0230. The lowest BCUT2D eigenvalue weighted by atomic mass is 10.0. The highest BCUT2D eigenvalue weighted by Gasteiger charge is 2.28. The summed E-state index contributed by atoms with van der Waals surface area (Å²) < 4.78 is 0. The maximum Gasteiger partial charge on any atom is 0.252 e. The molecule has 3 aromatic carbocycles. The quantitative estimate of drug-likeness (QED) is 0.644. The van der Waals surface area contributed by atoms with Crippen LogP contribution in [0.2, 0.25) is 0 Å². The lowest BCUT2D eigenvalue weighted by Gasteiger charge is -2.21. The Balaban J connectivity index is 1.76. The van der Waals surface area contributed by atoms with Crippen LogP contribution in [-0.2, 0) is 11.3 Å². The molecule has 2 nitrogen and oxygen atoms in total. The van der Waals surface area contributed by atoms with Gasteiger partial charge in [-0.05, 0) is 22.8 Å². The molecule has 1 amide bonds. The van der Waals surface area contributed by atoms with Crippen molar-refractivity contribution in [2.75, 3.05) is 0 Å². The van der Waals surface area contributed by atoms with Gasteiger partial charge in [-0.1, -0.05) is 91.0 Å². The van der Waals surface area contributed by atoms with Crippen molar-refractivity contribution in [1.29, 1.82) is 0 Å². The minimum Gasteiger partial charge on any atom is -0.304 e. The lowest BCUT2D eigenvalue weighted by molar-refractivity contribution is -0.123. The zero-order chi connectivity index (χ0) is 17.8. The molecule has 0 radical (unpaired) electrons. The van der Waals surface area contributed by atoms with Crippen molar-refractivity contribution in [1.82, 2.24) is 4.90 Å². The highest BCUT2D eigenvalue weighted by molar-refractivity contribution is 6.08. The fourth-order valence-corrected chi connectivity index (χ4v) is 3.18. The smallest absolute Gasteiger partial charge is 0.252 e. The molecule has 0 aromatic heterocycles. The van der Waals surface area contributed by atoms with Crippen LogP contribution in [0.1, 0.15) is 16.7 Å². The van der Waals surface area contributed by atoms with Crippen molar-refractivity contribution in [2.45, 2.75) is 6.54 Å². The Morgan fingerprint density at radius 2 is 1.31 bits per heavy atom. The van der Waals surface area contributed by atoms with Crippen LogP contribution in [0.15, 0.2) is 103 Å². The van der Waals surface area contributed by atoms with Crippen LogP contribution in [-0.4, -0.2) is 10.8 Å². The Bertz CT molecular complexity index is 957. The van der Waals surface area contributed by atoms with Crippen LogP contribution >= 0.6 is 0 Å². The van der Waals surface area contributed by atoms with Gasteiger partial charge in [0, 0.05) is 11.6 Å². The zero-order valence-electron chi connectivity index (χ0n) is 14.4. The van der Waals surface area contributed by atoms with Crippen molar-refractivity contribution in [3.05, 3.63) is 119 Å². The molecule has 0 saturated heterocycles.